The third-order valence-corrected chi connectivity index (χ3v) is 5.57. The Morgan fingerprint density at radius 3 is 2.69 bits per heavy atom. The zero-order valence-corrected chi connectivity index (χ0v) is 15.5. The predicted molar refractivity (Wildman–Crippen MR) is 103 cm³/mol. The highest BCUT2D eigenvalue weighted by molar-refractivity contribution is 5.88. The van der Waals surface area contributed by atoms with Crippen LogP contribution in [0.5, 0.6) is 5.75 Å². The molecule has 0 saturated carbocycles. The number of hydrogen-bond donors (Lipinski definition) is 0. The Hall–Kier alpha value is -2.75. The van der Waals surface area contributed by atoms with Crippen molar-refractivity contribution in [1.29, 1.82) is 0 Å². The predicted octanol–water partition coefficient (Wildman–Crippen LogP) is 4.36. The largest absolute Gasteiger partial charge is 0.497 e. The van der Waals surface area contributed by atoms with E-state index in [1.807, 2.05) is 30.0 Å². The van der Waals surface area contributed by atoms with Gasteiger partial charge in [0.1, 0.15) is 5.75 Å². The molecule has 1 aliphatic rings. The molecule has 0 spiro atoms. The molecule has 134 valence electrons. The smallest absolute Gasteiger partial charge is 0.230 e. The first-order valence-electron chi connectivity index (χ1n) is 9.11. The Balaban J connectivity index is 1.60. The van der Waals surface area contributed by atoms with E-state index in [9.17, 15) is 4.79 Å². The van der Waals surface area contributed by atoms with Crippen LogP contribution < -0.4 is 4.74 Å². The van der Waals surface area contributed by atoms with Crippen molar-refractivity contribution in [3.8, 4) is 5.75 Å². The van der Waals surface area contributed by atoms with Gasteiger partial charge in [-0.05, 0) is 54.4 Å². The highest BCUT2D eigenvalue weighted by Gasteiger charge is 2.30. The Bertz CT molecular complexity index is 960. The van der Waals surface area contributed by atoms with Gasteiger partial charge in [-0.15, -0.1) is 0 Å². The number of methoxy groups -OCH3 is 1. The molecule has 4 nitrogen and oxygen atoms in total. The quantitative estimate of drug-likeness (QED) is 0.705. The molecule has 26 heavy (non-hydrogen) atoms. The minimum Gasteiger partial charge on any atom is -0.497 e. The van der Waals surface area contributed by atoms with E-state index in [1.165, 1.54) is 5.69 Å². The number of carbonyl (C=O) groups is 1. The van der Waals surface area contributed by atoms with E-state index in [-0.39, 0.29) is 17.9 Å². The molecule has 0 N–H and O–H groups in total. The number of fused-ring (bicyclic) bond motifs is 2. The Labute approximate surface area is 154 Å². The fraction of sp³-hybridized carbons (Fsp3) is 0.318. The van der Waals surface area contributed by atoms with E-state index in [0.29, 0.717) is 0 Å². The molecule has 3 aromatic rings. The van der Waals surface area contributed by atoms with Gasteiger partial charge in [0.05, 0.1) is 19.1 Å². The van der Waals surface area contributed by atoms with Crippen molar-refractivity contribution < 1.29 is 9.53 Å². The van der Waals surface area contributed by atoms with Gasteiger partial charge in [-0.25, -0.2) is 0 Å². The van der Waals surface area contributed by atoms with Crippen LogP contribution in [0.4, 0.5) is 0 Å². The summed E-state index contributed by atoms with van der Waals surface area (Å²) in [6.45, 7) is 5.75. The molecular formula is C22H24N2O2. The van der Waals surface area contributed by atoms with Crippen LogP contribution in [0, 0.1) is 0 Å². The average Bonchev–Trinajstić information content (AvgIpc) is 3.16. The average molecular weight is 348 g/mol. The van der Waals surface area contributed by atoms with Crippen molar-refractivity contribution >= 4 is 16.7 Å². The summed E-state index contributed by atoms with van der Waals surface area (Å²) in [5, 5.41) is 2.25. The molecule has 1 aliphatic heterocycles. The molecule has 2 aromatic carbocycles. The van der Waals surface area contributed by atoms with Crippen LogP contribution in [-0.2, 0) is 11.3 Å². The first-order valence-corrected chi connectivity index (χ1v) is 9.11. The van der Waals surface area contributed by atoms with Crippen molar-refractivity contribution in [3.05, 3.63) is 66.0 Å². The van der Waals surface area contributed by atoms with E-state index in [1.54, 1.807) is 7.11 Å². The van der Waals surface area contributed by atoms with E-state index >= 15 is 0 Å². The molecule has 2 heterocycles. The third-order valence-electron chi connectivity index (χ3n) is 5.57. The number of ether oxygens (including phenoxy) is 1. The summed E-state index contributed by atoms with van der Waals surface area (Å²) in [5.74, 6) is 0.878. The summed E-state index contributed by atoms with van der Waals surface area (Å²) >= 11 is 0. The number of benzene rings is 2. The zero-order valence-electron chi connectivity index (χ0n) is 15.5. The van der Waals surface area contributed by atoms with Gasteiger partial charge in [0, 0.05) is 25.0 Å². The number of amides is 1. The van der Waals surface area contributed by atoms with Crippen LogP contribution in [0.1, 0.15) is 37.1 Å². The Morgan fingerprint density at radius 1 is 1.12 bits per heavy atom. The van der Waals surface area contributed by atoms with Gasteiger partial charge in [-0.1, -0.05) is 24.3 Å². The monoisotopic (exact) mass is 348 g/mol. The van der Waals surface area contributed by atoms with Crippen molar-refractivity contribution in [2.45, 2.75) is 32.4 Å². The lowest BCUT2D eigenvalue weighted by Crippen LogP contribution is -2.42. The molecule has 1 aromatic heterocycles. The fourth-order valence-corrected chi connectivity index (χ4v) is 3.91. The number of rotatable bonds is 3. The maximum Gasteiger partial charge on any atom is 0.230 e. The molecule has 0 aliphatic carbocycles. The van der Waals surface area contributed by atoms with E-state index < -0.39 is 0 Å². The topological polar surface area (TPSA) is 34.5 Å². The van der Waals surface area contributed by atoms with Crippen LogP contribution in [0.25, 0.3) is 10.8 Å². The van der Waals surface area contributed by atoms with Crippen molar-refractivity contribution in [3.63, 3.8) is 0 Å². The molecule has 0 bridgehead atoms. The summed E-state index contributed by atoms with van der Waals surface area (Å²) in [4.78, 5) is 15.2. The second-order valence-corrected chi connectivity index (χ2v) is 7.03. The van der Waals surface area contributed by atoms with Gasteiger partial charge in [-0.3, -0.25) is 4.79 Å². The van der Waals surface area contributed by atoms with Crippen LogP contribution in [0.15, 0.2) is 54.7 Å². The van der Waals surface area contributed by atoms with E-state index in [0.717, 1.165) is 35.2 Å². The molecule has 0 fully saturated rings. The highest BCUT2D eigenvalue weighted by Crippen LogP contribution is 2.31. The third kappa shape index (κ3) is 2.75. The van der Waals surface area contributed by atoms with Crippen LogP contribution >= 0.6 is 0 Å². The molecule has 4 rings (SSSR count). The number of nitrogens with zero attached hydrogens (tertiary/aromatic N) is 2. The first kappa shape index (κ1) is 16.7. The Morgan fingerprint density at radius 2 is 1.88 bits per heavy atom. The van der Waals surface area contributed by atoms with Crippen LogP contribution in [-0.4, -0.2) is 29.0 Å². The SMILES string of the molecule is COc1ccc2cc([C@H](C)C(=O)N3CCn4cccc4C3C)ccc2c1. The van der Waals surface area contributed by atoms with Crippen molar-refractivity contribution in [1.82, 2.24) is 9.47 Å². The molecule has 1 unspecified atom stereocenters. The Kier molecular flexibility index (Phi) is 4.19. The molecule has 4 heteroatoms. The lowest BCUT2D eigenvalue weighted by atomic mass is 9.95. The summed E-state index contributed by atoms with van der Waals surface area (Å²) in [6, 6.07) is 16.5. The van der Waals surface area contributed by atoms with Crippen molar-refractivity contribution in [2.75, 3.05) is 13.7 Å². The van der Waals surface area contributed by atoms with Crippen molar-refractivity contribution in [2.24, 2.45) is 0 Å². The second-order valence-electron chi connectivity index (χ2n) is 7.03. The first-order chi connectivity index (χ1) is 12.6. The summed E-state index contributed by atoms with van der Waals surface area (Å²) in [6.07, 6.45) is 2.09. The van der Waals surface area contributed by atoms with Gasteiger partial charge in [0.25, 0.3) is 0 Å². The zero-order chi connectivity index (χ0) is 18.3. The number of aromatic nitrogens is 1. The van der Waals surface area contributed by atoms with Gasteiger partial charge in [0.2, 0.25) is 5.91 Å². The maximum atomic E-state index is 13.2. The highest BCUT2D eigenvalue weighted by atomic mass is 16.5. The number of carbonyl (C=O) groups excluding carboxylic acids is 1. The summed E-state index contributed by atoms with van der Waals surface area (Å²) in [7, 11) is 1.67. The molecular weight excluding hydrogens is 324 g/mol. The minimum atomic E-state index is -0.162. The maximum absolute atomic E-state index is 13.2. The lowest BCUT2D eigenvalue weighted by molar-refractivity contribution is -0.135. The van der Waals surface area contributed by atoms with Gasteiger partial charge in [0.15, 0.2) is 0 Å². The standard InChI is InChI=1S/C22H24N2O2/c1-15(17-6-7-19-14-20(26-3)9-8-18(19)13-17)22(25)24-12-11-23-10-4-5-21(23)16(24)2/h4-10,13-16H,11-12H2,1-3H3/t15-,16?/m0/s1. The van der Waals surface area contributed by atoms with Crippen LogP contribution in [0.3, 0.4) is 0 Å². The fourth-order valence-electron chi connectivity index (χ4n) is 3.91. The second kappa shape index (κ2) is 6.52. The molecule has 1 amide bonds. The van der Waals surface area contributed by atoms with Gasteiger partial charge < -0.3 is 14.2 Å². The number of hydrogen-bond acceptors (Lipinski definition) is 2. The molecule has 0 saturated heterocycles. The minimum absolute atomic E-state index is 0.110. The van der Waals surface area contributed by atoms with Crippen LogP contribution in [0.2, 0.25) is 0 Å². The van der Waals surface area contributed by atoms with E-state index in [2.05, 4.69) is 48.0 Å². The summed E-state index contributed by atoms with van der Waals surface area (Å²) in [5.41, 5.74) is 2.27. The summed E-state index contributed by atoms with van der Waals surface area (Å²) < 4.78 is 7.53. The normalized spacial score (nSPS) is 17.8. The van der Waals surface area contributed by atoms with Gasteiger partial charge >= 0.3 is 0 Å². The molecule has 0 radical (unpaired) electrons. The van der Waals surface area contributed by atoms with E-state index in [4.69, 9.17) is 4.74 Å². The molecule has 2 atom stereocenters. The van der Waals surface area contributed by atoms with Gasteiger partial charge in [-0.2, -0.15) is 0 Å². The lowest BCUT2D eigenvalue weighted by Gasteiger charge is -2.36.